The molecule has 1 aliphatic heterocycles. The molecule has 0 spiro atoms. The van der Waals surface area contributed by atoms with E-state index in [1.54, 1.807) is 0 Å². The number of guanidine groups is 1. The molecule has 6 heteroatoms. The van der Waals surface area contributed by atoms with Crippen molar-refractivity contribution in [3.05, 3.63) is 71.3 Å². The quantitative estimate of drug-likeness (QED) is 0.559. The van der Waals surface area contributed by atoms with Crippen molar-refractivity contribution in [2.75, 3.05) is 38.5 Å². The van der Waals surface area contributed by atoms with Gasteiger partial charge in [-0.25, -0.2) is 0 Å². The van der Waals surface area contributed by atoms with Crippen molar-refractivity contribution in [3.63, 3.8) is 0 Å². The third-order valence-corrected chi connectivity index (χ3v) is 6.28. The number of morpholine rings is 1. The fourth-order valence-corrected chi connectivity index (χ4v) is 4.49. The summed E-state index contributed by atoms with van der Waals surface area (Å²) in [5.74, 6) is 2.03. The van der Waals surface area contributed by atoms with Crippen LogP contribution in [0.1, 0.15) is 29.7 Å². The average molecular weight is 414 g/mol. The maximum absolute atomic E-state index is 12.4. The lowest BCUT2D eigenvalue weighted by molar-refractivity contribution is -0.00831. The zero-order valence-electron chi connectivity index (χ0n) is 17.3. The van der Waals surface area contributed by atoms with Crippen molar-refractivity contribution in [2.45, 2.75) is 25.7 Å². The molecule has 156 valence electrons. The Bertz CT molecular complexity index is 826. The number of hydrogen-bond donors (Lipinski definition) is 1. The highest BCUT2D eigenvalue weighted by atomic mass is 32.2. The normalized spacial score (nSPS) is 18.5. The number of nitrogens with zero attached hydrogens (tertiary/aromatic N) is 2. The van der Waals surface area contributed by atoms with Gasteiger partial charge >= 0.3 is 0 Å². The van der Waals surface area contributed by atoms with Crippen LogP contribution in [0.2, 0.25) is 0 Å². The third kappa shape index (κ3) is 6.41. The first-order chi connectivity index (χ1) is 14.2. The molecule has 0 aliphatic carbocycles. The van der Waals surface area contributed by atoms with Gasteiger partial charge in [-0.05, 0) is 30.5 Å². The smallest absolute Gasteiger partial charge is 0.194 e. The molecule has 29 heavy (non-hydrogen) atoms. The molecule has 1 N–H and O–H groups in total. The van der Waals surface area contributed by atoms with Crippen LogP contribution < -0.4 is 5.32 Å². The van der Waals surface area contributed by atoms with Gasteiger partial charge in [0.1, 0.15) is 6.10 Å². The van der Waals surface area contributed by atoms with E-state index in [1.165, 1.54) is 11.1 Å². The minimum atomic E-state index is -0.914. The van der Waals surface area contributed by atoms with E-state index >= 15 is 0 Å². The Morgan fingerprint density at radius 2 is 1.97 bits per heavy atom. The van der Waals surface area contributed by atoms with Gasteiger partial charge < -0.3 is 15.0 Å². The van der Waals surface area contributed by atoms with Gasteiger partial charge in [0.2, 0.25) is 0 Å². The first-order valence-corrected chi connectivity index (χ1v) is 11.8. The van der Waals surface area contributed by atoms with Crippen molar-refractivity contribution >= 4 is 16.8 Å². The van der Waals surface area contributed by atoms with Crippen molar-refractivity contribution in [3.8, 4) is 0 Å². The summed E-state index contributed by atoms with van der Waals surface area (Å²) in [4.78, 5) is 7.01. The lowest BCUT2D eigenvalue weighted by Crippen LogP contribution is -2.48. The van der Waals surface area contributed by atoms with Gasteiger partial charge in [-0.1, -0.05) is 54.6 Å². The molecule has 1 heterocycles. The fraction of sp³-hybridized carbons (Fsp3) is 0.435. The second-order valence-corrected chi connectivity index (χ2v) is 8.75. The number of hydrogen-bond acceptors (Lipinski definition) is 3. The summed E-state index contributed by atoms with van der Waals surface area (Å²) in [7, 11) is -0.914. The molecule has 0 amide bonds. The van der Waals surface area contributed by atoms with E-state index in [9.17, 15) is 4.21 Å². The Morgan fingerprint density at radius 1 is 1.21 bits per heavy atom. The Balaban J connectivity index is 1.59. The zero-order chi connectivity index (χ0) is 20.5. The second-order valence-electron chi connectivity index (χ2n) is 7.17. The van der Waals surface area contributed by atoms with Crippen LogP contribution in [0.5, 0.6) is 0 Å². The predicted octanol–water partition coefficient (Wildman–Crippen LogP) is 3.28. The van der Waals surface area contributed by atoms with Crippen LogP contribution in [-0.4, -0.2) is 53.6 Å². The highest BCUT2D eigenvalue weighted by molar-refractivity contribution is 7.84. The summed E-state index contributed by atoms with van der Waals surface area (Å²) in [6.07, 6.45) is 0.0426. The predicted molar refractivity (Wildman–Crippen MR) is 121 cm³/mol. The summed E-state index contributed by atoms with van der Waals surface area (Å²) in [6.45, 7) is 7.79. The third-order valence-electron chi connectivity index (χ3n) is 4.99. The van der Waals surface area contributed by atoms with E-state index in [0.717, 1.165) is 31.2 Å². The maximum atomic E-state index is 12.4. The number of nitrogens with one attached hydrogen (secondary N) is 1. The monoisotopic (exact) mass is 413 g/mol. The number of benzene rings is 2. The minimum Gasteiger partial charge on any atom is -0.370 e. The van der Waals surface area contributed by atoms with Crippen LogP contribution in [0.25, 0.3) is 0 Å². The lowest BCUT2D eigenvalue weighted by Gasteiger charge is -2.35. The molecule has 2 atom stereocenters. The molecule has 3 rings (SSSR count). The van der Waals surface area contributed by atoms with Crippen LogP contribution in [0.4, 0.5) is 0 Å². The average Bonchev–Trinajstić information content (AvgIpc) is 2.74. The molecule has 5 nitrogen and oxygen atoms in total. The molecule has 2 unspecified atom stereocenters. The van der Waals surface area contributed by atoms with E-state index in [2.05, 4.69) is 48.3 Å². The van der Waals surface area contributed by atoms with Gasteiger partial charge in [0, 0.05) is 35.4 Å². The van der Waals surface area contributed by atoms with Crippen LogP contribution in [0.3, 0.4) is 0 Å². The summed E-state index contributed by atoms with van der Waals surface area (Å²) in [5.41, 5.74) is 3.59. The van der Waals surface area contributed by atoms with E-state index < -0.39 is 10.8 Å². The van der Waals surface area contributed by atoms with Crippen LogP contribution >= 0.6 is 0 Å². The summed E-state index contributed by atoms with van der Waals surface area (Å²) in [5, 5.41) is 3.38. The van der Waals surface area contributed by atoms with Crippen LogP contribution in [0.15, 0.2) is 59.6 Å². The Kier molecular flexibility index (Phi) is 8.25. The van der Waals surface area contributed by atoms with E-state index in [0.29, 0.717) is 24.7 Å². The van der Waals surface area contributed by atoms with E-state index in [1.807, 2.05) is 30.3 Å². The lowest BCUT2D eigenvalue weighted by atomic mass is 10.0. The van der Waals surface area contributed by atoms with Crippen LogP contribution in [-0.2, 0) is 21.3 Å². The Hall–Kier alpha value is -2.18. The van der Waals surface area contributed by atoms with E-state index in [-0.39, 0.29) is 6.10 Å². The standard InChI is InChI=1S/C23H31N3O2S/c1-3-24-23(25-13-16-29(27)18-20-10-5-4-6-11-20)26-14-15-28-22(17-26)21-12-8-7-9-19(21)2/h4-12,22H,3,13-18H2,1-2H3,(H,24,25). The maximum Gasteiger partial charge on any atom is 0.194 e. The minimum absolute atomic E-state index is 0.0426. The van der Waals surface area contributed by atoms with Gasteiger partial charge in [-0.3, -0.25) is 9.20 Å². The molecule has 2 aromatic rings. The fourth-order valence-electron chi connectivity index (χ4n) is 3.49. The molecule has 1 fully saturated rings. The van der Waals surface area contributed by atoms with Gasteiger partial charge in [-0.2, -0.15) is 0 Å². The molecular weight excluding hydrogens is 382 g/mol. The number of aryl methyl sites for hydroxylation is 1. The molecule has 0 radical (unpaired) electrons. The summed E-state index contributed by atoms with van der Waals surface area (Å²) >= 11 is 0. The van der Waals surface area contributed by atoms with Gasteiger partial charge in [0.15, 0.2) is 5.96 Å². The van der Waals surface area contributed by atoms with Crippen LogP contribution in [0, 0.1) is 6.92 Å². The highest BCUT2D eigenvalue weighted by Crippen LogP contribution is 2.24. The largest absolute Gasteiger partial charge is 0.370 e. The Labute approximate surface area is 176 Å². The molecule has 0 aromatic heterocycles. The van der Waals surface area contributed by atoms with Crippen molar-refractivity contribution in [2.24, 2.45) is 4.99 Å². The SMILES string of the molecule is CCNC(=NCCS(=O)Cc1ccccc1)N1CCOC(c2ccccc2C)C1. The molecule has 2 aromatic carbocycles. The highest BCUT2D eigenvalue weighted by Gasteiger charge is 2.25. The van der Waals surface area contributed by atoms with Gasteiger partial charge in [-0.15, -0.1) is 0 Å². The molecular formula is C23H31N3O2S. The van der Waals surface area contributed by atoms with E-state index in [4.69, 9.17) is 9.73 Å². The van der Waals surface area contributed by atoms with Crippen molar-refractivity contribution in [1.82, 2.24) is 10.2 Å². The first-order valence-electron chi connectivity index (χ1n) is 10.3. The Morgan fingerprint density at radius 3 is 2.72 bits per heavy atom. The number of aliphatic imine (C=N–C) groups is 1. The first kappa shape index (κ1) is 21.5. The zero-order valence-corrected chi connectivity index (χ0v) is 18.2. The topological polar surface area (TPSA) is 53.9 Å². The molecule has 0 saturated carbocycles. The number of rotatable bonds is 7. The second kappa shape index (κ2) is 11.1. The molecule has 1 saturated heterocycles. The van der Waals surface area contributed by atoms with Gasteiger partial charge in [0.25, 0.3) is 0 Å². The molecule has 1 aliphatic rings. The number of ether oxygens (including phenoxy) is 1. The van der Waals surface area contributed by atoms with Crippen molar-refractivity contribution in [1.29, 1.82) is 0 Å². The summed E-state index contributed by atoms with van der Waals surface area (Å²) in [6, 6.07) is 18.4. The van der Waals surface area contributed by atoms with Gasteiger partial charge in [0.05, 0.1) is 19.7 Å². The molecule has 0 bridgehead atoms. The van der Waals surface area contributed by atoms with Crippen molar-refractivity contribution < 1.29 is 8.95 Å². The summed E-state index contributed by atoms with van der Waals surface area (Å²) < 4.78 is 18.4.